The first-order valence-electron chi connectivity index (χ1n) is 4.82. The number of carbonyl (C=O) groups excluding carboxylic acids is 1. The first-order valence-corrected chi connectivity index (χ1v) is 4.82. The number of rotatable bonds is 3. The molecular weight excluding hydrogens is 194 g/mol. The minimum absolute atomic E-state index is 0.105. The summed E-state index contributed by atoms with van der Waals surface area (Å²) in [6.07, 6.45) is 1.59. The van der Waals surface area contributed by atoms with E-state index < -0.39 is 0 Å². The van der Waals surface area contributed by atoms with Crippen molar-refractivity contribution in [1.82, 2.24) is 15.3 Å². The highest BCUT2D eigenvalue weighted by Crippen LogP contribution is 2.02. The minimum Gasteiger partial charge on any atom is -0.481 e. The predicted octanol–water partition coefficient (Wildman–Crippen LogP) is 1.15. The van der Waals surface area contributed by atoms with Gasteiger partial charge < -0.3 is 10.1 Å². The lowest BCUT2D eigenvalue weighted by Crippen LogP contribution is -2.20. The van der Waals surface area contributed by atoms with Gasteiger partial charge in [-0.2, -0.15) is 4.98 Å². The number of hydrogen-bond donors (Lipinski definition) is 1. The summed E-state index contributed by atoms with van der Waals surface area (Å²) in [4.78, 5) is 18.5. The smallest absolute Gasteiger partial charge is 0.217 e. The van der Waals surface area contributed by atoms with Gasteiger partial charge in [-0.15, -0.1) is 0 Å². The number of nitrogens with zero attached hydrogens (tertiary/aromatic N) is 2. The lowest BCUT2D eigenvalue weighted by atomic mass is 10.5. The maximum Gasteiger partial charge on any atom is 0.217 e. The lowest BCUT2D eigenvalue weighted by molar-refractivity contribution is -0.119. The molecule has 1 N–H and O–H groups in total. The van der Waals surface area contributed by atoms with Gasteiger partial charge in [-0.3, -0.25) is 4.79 Å². The Morgan fingerprint density at radius 3 is 2.73 bits per heavy atom. The van der Waals surface area contributed by atoms with Gasteiger partial charge in [-0.1, -0.05) is 13.8 Å². The van der Waals surface area contributed by atoms with Crippen LogP contribution in [0.1, 0.15) is 26.6 Å². The van der Waals surface area contributed by atoms with Gasteiger partial charge in [0.2, 0.25) is 11.8 Å². The van der Waals surface area contributed by atoms with Gasteiger partial charge in [-0.25, -0.2) is 4.98 Å². The normalized spacial score (nSPS) is 8.53. The number of methoxy groups -OCH3 is 1. The average molecular weight is 211 g/mol. The number of carbonyl (C=O) groups is 1. The van der Waals surface area contributed by atoms with E-state index in [1.807, 2.05) is 13.8 Å². The van der Waals surface area contributed by atoms with Gasteiger partial charge in [0.25, 0.3) is 0 Å². The number of aromatic nitrogens is 2. The van der Waals surface area contributed by atoms with Crippen LogP contribution in [-0.4, -0.2) is 23.0 Å². The average Bonchev–Trinajstić information content (AvgIpc) is 2.29. The Kier molecular flexibility index (Phi) is 6.88. The van der Waals surface area contributed by atoms with Crippen LogP contribution in [0, 0.1) is 0 Å². The molecular formula is C10H17N3O2. The highest BCUT2D eigenvalue weighted by Gasteiger charge is 1.99. The van der Waals surface area contributed by atoms with E-state index in [-0.39, 0.29) is 5.91 Å². The Morgan fingerprint density at radius 2 is 2.20 bits per heavy atom. The Hall–Kier alpha value is -1.65. The summed E-state index contributed by atoms with van der Waals surface area (Å²) in [5.41, 5.74) is 0. The van der Waals surface area contributed by atoms with Gasteiger partial charge >= 0.3 is 0 Å². The molecule has 0 unspecified atom stereocenters. The summed E-state index contributed by atoms with van der Waals surface area (Å²) in [5, 5.41) is 2.59. The van der Waals surface area contributed by atoms with Crippen LogP contribution < -0.4 is 10.1 Å². The Labute approximate surface area is 89.9 Å². The third-order valence-corrected chi connectivity index (χ3v) is 1.38. The fraction of sp³-hybridized carbons (Fsp3) is 0.500. The maximum absolute atomic E-state index is 10.6. The van der Waals surface area contributed by atoms with Gasteiger partial charge in [0.05, 0.1) is 13.7 Å². The van der Waals surface area contributed by atoms with Crippen molar-refractivity contribution in [3.05, 3.63) is 18.1 Å². The molecule has 1 rings (SSSR count). The molecule has 0 atom stereocenters. The van der Waals surface area contributed by atoms with E-state index in [1.165, 1.54) is 14.0 Å². The van der Waals surface area contributed by atoms with Gasteiger partial charge in [0, 0.05) is 19.2 Å². The Morgan fingerprint density at radius 1 is 1.53 bits per heavy atom. The van der Waals surface area contributed by atoms with Crippen molar-refractivity contribution in [3.8, 4) is 5.88 Å². The fourth-order valence-corrected chi connectivity index (χ4v) is 0.783. The zero-order valence-corrected chi connectivity index (χ0v) is 9.57. The van der Waals surface area contributed by atoms with Crippen LogP contribution in [0.5, 0.6) is 5.88 Å². The van der Waals surface area contributed by atoms with Crippen LogP contribution in [0.2, 0.25) is 0 Å². The highest BCUT2D eigenvalue weighted by atomic mass is 16.5. The van der Waals surface area contributed by atoms with Gasteiger partial charge in [-0.05, 0) is 0 Å². The van der Waals surface area contributed by atoms with E-state index in [1.54, 1.807) is 12.3 Å². The summed E-state index contributed by atoms with van der Waals surface area (Å²) in [6, 6.07) is 1.65. The standard InChI is InChI=1S/C8H11N3O2.C2H6/c1-6(12)10-5-7-9-4-3-8(11-7)13-2;1-2/h3-4H,5H2,1-2H3,(H,10,12);1-2H3. The van der Waals surface area contributed by atoms with Crippen LogP contribution in [0.3, 0.4) is 0 Å². The molecule has 5 heteroatoms. The van der Waals surface area contributed by atoms with Crippen molar-refractivity contribution in [2.75, 3.05) is 7.11 Å². The number of nitrogens with one attached hydrogen (secondary N) is 1. The SMILES string of the molecule is CC.COc1ccnc(CNC(C)=O)n1. The van der Waals surface area contributed by atoms with Crippen LogP contribution in [0.15, 0.2) is 12.3 Å². The number of hydrogen-bond acceptors (Lipinski definition) is 4. The van der Waals surface area contributed by atoms with E-state index in [4.69, 9.17) is 4.74 Å². The highest BCUT2D eigenvalue weighted by molar-refractivity contribution is 5.72. The first kappa shape index (κ1) is 13.4. The summed E-state index contributed by atoms with van der Waals surface area (Å²) >= 11 is 0. The molecule has 0 saturated carbocycles. The van der Waals surface area contributed by atoms with Crippen LogP contribution in [0.4, 0.5) is 0 Å². The molecule has 0 saturated heterocycles. The second-order valence-electron chi connectivity index (χ2n) is 2.42. The molecule has 1 aromatic rings. The molecule has 0 fully saturated rings. The third kappa shape index (κ3) is 5.61. The molecule has 0 spiro atoms. The number of ether oxygens (including phenoxy) is 1. The summed E-state index contributed by atoms with van der Waals surface area (Å²) in [7, 11) is 1.53. The van der Waals surface area contributed by atoms with E-state index >= 15 is 0 Å². The molecule has 1 aromatic heterocycles. The van der Waals surface area contributed by atoms with Crippen molar-refractivity contribution < 1.29 is 9.53 Å². The zero-order chi connectivity index (χ0) is 11.7. The first-order chi connectivity index (χ1) is 7.22. The molecule has 0 radical (unpaired) electrons. The minimum atomic E-state index is -0.105. The predicted molar refractivity (Wildman–Crippen MR) is 57.5 cm³/mol. The summed E-state index contributed by atoms with van der Waals surface area (Å²) in [6.45, 7) is 5.77. The van der Waals surface area contributed by atoms with Crippen molar-refractivity contribution in [1.29, 1.82) is 0 Å². The maximum atomic E-state index is 10.6. The molecule has 0 bridgehead atoms. The second-order valence-corrected chi connectivity index (χ2v) is 2.42. The summed E-state index contributed by atoms with van der Waals surface area (Å²) in [5.74, 6) is 0.927. The molecule has 0 aliphatic carbocycles. The fourth-order valence-electron chi connectivity index (χ4n) is 0.783. The van der Waals surface area contributed by atoms with E-state index in [9.17, 15) is 4.79 Å². The lowest BCUT2D eigenvalue weighted by Gasteiger charge is -2.02. The van der Waals surface area contributed by atoms with Crippen molar-refractivity contribution in [2.45, 2.75) is 27.3 Å². The van der Waals surface area contributed by atoms with Crippen LogP contribution >= 0.6 is 0 Å². The molecule has 0 aliphatic heterocycles. The van der Waals surface area contributed by atoms with Crippen molar-refractivity contribution in [3.63, 3.8) is 0 Å². The van der Waals surface area contributed by atoms with E-state index in [0.717, 1.165) is 0 Å². The quantitative estimate of drug-likeness (QED) is 0.814. The van der Waals surface area contributed by atoms with Crippen LogP contribution in [-0.2, 0) is 11.3 Å². The summed E-state index contributed by atoms with van der Waals surface area (Å²) < 4.78 is 4.90. The molecule has 15 heavy (non-hydrogen) atoms. The largest absolute Gasteiger partial charge is 0.481 e. The monoisotopic (exact) mass is 211 g/mol. The molecule has 0 aromatic carbocycles. The molecule has 0 aliphatic rings. The van der Waals surface area contributed by atoms with E-state index in [2.05, 4.69) is 15.3 Å². The van der Waals surface area contributed by atoms with Gasteiger partial charge in [0.15, 0.2) is 5.82 Å². The molecule has 84 valence electrons. The third-order valence-electron chi connectivity index (χ3n) is 1.38. The Bertz CT molecular complexity index is 302. The molecule has 1 amide bonds. The second kappa shape index (κ2) is 7.73. The molecule has 1 heterocycles. The molecule has 5 nitrogen and oxygen atoms in total. The number of amides is 1. The van der Waals surface area contributed by atoms with Crippen molar-refractivity contribution >= 4 is 5.91 Å². The van der Waals surface area contributed by atoms with Crippen molar-refractivity contribution in [2.24, 2.45) is 0 Å². The topological polar surface area (TPSA) is 64.1 Å². The van der Waals surface area contributed by atoms with E-state index in [0.29, 0.717) is 18.2 Å². The Balaban J connectivity index is 0.000000921. The van der Waals surface area contributed by atoms with Crippen LogP contribution in [0.25, 0.3) is 0 Å². The van der Waals surface area contributed by atoms with Gasteiger partial charge in [0.1, 0.15) is 0 Å². The zero-order valence-electron chi connectivity index (χ0n) is 9.57.